The van der Waals surface area contributed by atoms with Crippen molar-refractivity contribution in [1.82, 2.24) is 0 Å². The van der Waals surface area contributed by atoms with E-state index in [-0.39, 0.29) is 6.61 Å². The van der Waals surface area contributed by atoms with Gasteiger partial charge in [0.15, 0.2) is 0 Å². The first-order valence-corrected chi connectivity index (χ1v) is 11.3. The number of unbranched alkanes of at least 4 members (excludes halogenated alkanes) is 11. The van der Waals surface area contributed by atoms with Gasteiger partial charge < -0.3 is 20.6 Å². The minimum Gasteiger partial charge on any atom is -0.383 e. The second-order valence-corrected chi connectivity index (χ2v) is 8.03. The van der Waals surface area contributed by atoms with Crippen molar-refractivity contribution in [3.63, 3.8) is 0 Å². The van der Waals surface area contributed by atoms with Gasteiger partial charge in [0.2, 0.25) is 0 Å². The Morgan fingerprint density at radius 1 is 0.960 bits per heavy atom. The average Bonchev–Trinajstić information content (AvgIpc) is 2.56. The maximum atomic E-state index is 10.6. The molecule has 2 atom stereocenters. The summed E-state index contributed by atoms with van der Waals surface area (Å²) in [5.41, 5.74) is 3.65. The molecule has 0 aliphatic carbocycles. The van der Waals surface area contributed by atoms with E-state index in [0.717, 1.165) is 12.8 Å². The first-order valence-electron chi connectivity index (χ1n) is 9.74. The van der Waals surface area contributed by atoms with Gasteiger partial charge in [0.1, 0.15) is 18.8 Å². The molecule has 0 aromatic carbocycles. The Bertz CT molecular complexity index is 372. The number of phosphoric ester groups is 1. The van der Waals surface area contributed by atoms with Crippen molar-refractivity contribution < 1.29 is 29.7 Å². The fourth-order valence-electron chi connectivity index (χ4n) is 2.61. The maximum absolute atomic E-state index is 10.6. The summed E-state index contributed by atoms with van der Waals surface area (Å²) in [5.74, 6) is 0. The first-order chi connectivity index (χ1) is 11.9. The Hall–Kier alpha value is -0.230. The largest absolute Gasteiger partial charge is 0.469 e. The Morgan fingerprint density at radius 2 is 1.44 bits per heavy atom. The topological polar surface area (TPSA) is 115 Å². The Morgan fingerprint density at radius 3 is 1.92 bits per heavy atom. The number of rotatable bonds is 17. The molecule has 0 bridgehead atoms. The van der Waals surface area contributed by atoms with Gasteiger partial charge in [-0.2, -0.15) is 0 Å². The molecular formula is C18H39NO5P+. The van der Waals surface area contributed by atoms with Crippen LogP contribution in [0.1, 0.15) is 84.0 Å². The van der Waals surface area contributed by atoms with Crippen molar-refractivity contribution in [2.45, 2.75) is 96.1 Å². The predicted molar refractivity (Wildman–Crippen MR) is 101 cm³/mol. The Labute approximate surface area is 153 Å². The Kier molecular flexibility index (Phi) is 15.8. The molecule has 0 heterocycles. The molecule has 0 aromatic heterocycles. The van der Waals surface area contributed by atoms with E-state index in [1.807, 2.05) is 6.08 Å². The number of aliphatic hydroxyl groups is 1. The molecule has 0 amide bonds. The molecule has 6 nitrogen and oxygen atoms in total. The van der Waals surface area contributed by atoms with E-state index in [1.54, 1.807) is 6.08 Å². The van der Waals surface area contributed by atoms with E-state index in [0.29, 0.717) is 0 Å². The molecular weight excluding hydrogens is 341 g/mol. The summed E-state index contributed by atoms with van der Waals surface area (Å²) in [6.07, 6.45) is 18.0. The lowest BCUT2D eigenvalue weighted by Crippen LogP contribution is -2.68. The van der Waals surface area contributed by atoms with Crippen LogP contribution in [-0.4, -0.2) is 33.6 Å². The van der Waals surface area contributed by atoms with Gasteiger partial charge in [-0.25, -0.2) is 4.57 Å². The highest BCUT2D eigenvalue weighted by atomic mass is 31.2. The van der Waals surface area contributed by atoms with Gasteiger partial charge in [0, 0.05) is 0 Å². The standard InChI is InChI=1S/C18H38NO5P/c1-2-3-4-5-6-7-8-9-10-11-12-13-14-15-18(20)17(19)16-24-25(21,22)23/h14-15,17-18,20H,2-13,16,19H2,1H3,(H2,21,22,23)/p+1/b15-14+/t17-,18+/m0/s1. The zero-order chi connectivity index (χ0) is 19.0. The minimum atomic E-state index is -4.49. The number of aliphatic hydroxyl groups excluding tert-OH is 1. The fraction of sp³-hybridized carbons (Fsp3) is 0.889. The van der Waals surface area contributed by atoms with E-state index in [9.17, 15) is 9.67 Å². The zero-order valence-corrected chi connectivity index (χ0v) is 16.7. The van der Waals surface area contributed by atoms with Crippen LogP contribution >= 0.6 is 7.82 Å². The summed E-state index contributed by atoms with van der Waals surface area (Å²) in [6.45, 7) is 1.97. The van der Waals surface area contributed by atoms with Crippen LogP contribution in [0.15, 0.2) is 12.2 Å². The van der Waals surface area contributed by atoms with Gasteiger partial charge in [-0.1, -0.05) is 83.3 Å². The summed E-state index contributed by atoms with van der Waals surface area (Å²) in [5, 5.41) is 9.81. The number of quaternary nitrogens is 1. The van der Waals surface area contributed by atoms with E-state index >= 15 is 0 Å². The SMILES string of the molecule is CCCCCCCCCCCCC/C=C/[C@@H](O)[C@@H]([NH3+])COP(=O)(O)O. The quantitative estimate of drug-likeness (QED) is 0.176. The molecule has 25 heavy (non-hydrogen) atoms. The number of phosphoric acid groups is 1. The van der Waals surface area contributed by atoms with Crippen molar-refractivity contribution in [2.24, 2.45) is 0 Å². The van der Waals surface area contributed by atoms with Crippen LogP contribution in [0, 0.1) is 0 Å². The third kappa shape index (κ3) is 18.4. The van der Waals surface area contributed by atoms with Crippen molar-refractivity contribution in [1.29, 1.82) is 0 Å². The normalized spacial score (nSPS) is 14.9. The molecule has 0 radical (unpaired) electrons. The summed E-state index contributed by atoms with van der Waals surface area (Å²) in [6, 6.07) is -0.596. The molecule has 0 aromatic rings. The van der Waals surface area contributed by atoms with Gasteiger partial charge in [0.25, 0.3) is 0 Å². The molecule has 0 fully saturated rings. The second-order valence-electron chi connectivity index (χ2n) is 6.79. The van der Waals surface area contributed by atoms with Crippen molar-refractivity contribution >= 4 is 7.82 Å². The van der Waals surface area contributed by atoms with Gasteiger partial charge in [0.05, 0.1) is 0 Å². The molecule has 7 heteroatoms. The van der Waals surface area contributed by atoms with Gasteiger partial charge >= 0.3 is 7.82 Å². The van der Waals surface area contributed by atoms with E-state index < -0.39 is 20.0 Å². The van der Waals surface area contributed by atoms with Crippen LogP contribution in [0.3, 0.4) is 0 Å². The monoisotopic (exact) mass is 380 g/mol. The zero-order valence-electron chi connectivity index (χ0n) is 15.8. The Balaban J connectivity index is 3.46. The van der Waals surface area contributed by atoms with Crippen molar-refractivity contribution in [3.8, 4) is 0 Å². The van der Waals surface area contributed by atoms with E-state index in [4.69, 9.17) is 9.79 Å². The van der Waals surface area contributed by atoms with Gasteiger partial charge in [-0.05, 0) is 12.8 Å². The fourth-order valence-corrected chi connectivity index (χ4v) is 3.00. The molecule has 0 unspecified atom stereocenters. The molecule has 0 spiro atoms. The van der Waals surface area contributed by atoms with Crippen molar-refractivity contribution in [3.05, 3.63) is 12.2 Å². The first kappa shape index (κ1) is 24.8. The second kappa shape index (κ2) is 16.0. The highest BCUT2D eigenvalue weighted by Gasteiger charge is 2.21. The smallest absolute Gasteiger partial charge is 0.383 e. The van der Waals surface area contributed by atoms with Gasteiger partial charge in [-0.15, -0.1) is 0 Å². The van der Waals surface area contributed by atoms with Crippen LogP contribution in [0.5, 0.6) is 0 Å². The van der Waals surface area contributed by atoms with Gasteiger partial charge in [-0.3, -0.25) is 4.52 Å². The predicted octanol–water partition coefficient (Wildman–Crippen LogP) is 3.32. The highest BCUT2D eigenvalue weighted by molar-refractivity contribution is 7.46. The molecule has 0 aliphatic heterocycles. The molecule has 0 rings (SSSR count). The van der Waals surface area contributed by atoms with Crippen LogP contribution < -0.4 is 5.73 Å². The molecule has 0 saturated carbocycles. The summed E-state index contributed by atoms with van der Waals surface area (Å²) < 4.78 is 14.9. The molecule has 6 N–H and O–H groups in total. The van der Waals surface area contributed by atoms with Crippen LogP contribution in [0.4, 0.5) is 0 Å². The average molecular weight is 380 g/mol. The van der Waals surface area contributed by atoms with Crippen LogP contribution in [0.2, 0.25) is 0 Å². The third-order valence-electron chi connectivity index (χ3n) is 4.25. The third-order valence-corrected chi connectivity index (χ3v) is 4.73. The van der Waals surface area contributed by atoms with E-state index in [1.165, 1.54) is 64.2 Å². The van der Waals surface area contributed by atoms with E-state index in [2.05, 4.69) is 17.2 Å². The van der Waals surface area contributed by atoms with Crippen molar-refractivity contribution in [2.75, 3.05) is 6.61 Å². The lowest BCUT2D eigenvalue weighted by atomic mass is 10.0. The maximum Gasteiger partial charge on any atom is 0.469 e. The highest BCUT2D eigenvalue weighted by Crippen LogP contribution is 2.35. The lowest BCUT2D eigenvalue weighted by Gasteiger charge is -2.13. The number of hydrogen-bond donors (Lipinski definition) is 4. The summed E-state index contributed by atoms with van der Waals surface area (Å²) in [4.78, 5) is 17.2. The van der Waals surface area contributed by atoms with Crippen LogP contribution in [-0.2, 0) is 9.09 Å². The summed E-state index contributed by atoms with van der Waals surface area (Å²) in [7, 11) is -4.49. The molecule has 150 valence electrons. The summed E-state index contributed by atoms with van der Waals surface area (Å²) >= 11 is 0. The van der Waals surface area contributed by atoms with Crippen LogP contribution in [0.25, 0.3) is 0 Å². The molecule has 0 aliphatic rings. The molecule has 0 saturated heterocycles. The minimum absolute atomic E-state index is 0.270. The number of hydrogen-bond acceptors (Lipinski definition) is 3. The lowest BCUT2D eigenvalue weighted by molar-refractivity contribution is -0.437. The number of allylic oxidation sites excluding steroid dienone is 1.